The van der Waals surface area contributed by atoms with Crippen molar-refractivity contribution in [2.75, 3.05) is 32.1 Å². The molecule has 0 saturated carbocycles. The maximum Gasteiger partial charge on any atom is 0.409 e. The molecule has 0 atom stereocenters. The number of likely N-dealkylation sites (tertiary alicyclic amines) is 1. The molecule has 1 aliphatic rings. The zero-order valence-electron chi connectivity index (χ0n) is 18.4. The lowest BCUT2D eigenvalue weighted by Gasteiger charge is -2.30. The Kier molecular flexibility index (Phi) is 7.87. The van der Waals surface area contributed by atoms with Gasteiger partial charge in [0.15, 0.2) is 0 Å². The molecule has 172 valence electrons. The van der Waals surface area contributed by atoms with Gasteiger partial charge in [-0.05, 0) is 49.6 Å². The smallest absolute Gasteiger partial charge is 0.409 e. The van der Waals surface area contributed by atoms with Crippen LogP contribution in [0.3, 0.4) is 0 Å². The van der Waals surface area contributed by atoms with E-state index >= 15 is 0 Å². The van der Waals surface area contributed by atoms with Crippen molar-refractivity contribution in [3.63, 3.8) is 0 Å². The zero-order valence-corrected chi connectivity index (χ0v) is 19.2. The SMILES string of the molecule is CCOC(=O)N1CCC(C(=O)Nc2ccc(S(=O)(=O)N(C)Cc3ccccc3)cc2)CC1. The highest BCUT2D eigenvalue weighted by Gasteiger charge is 2.28. The van der Waals surface area contributed by atoms with Crippen molar-refractivity contribution in [1.29, 1.82) is 0 Å². The van der Waals surface area contributed by atoms with Crippen LogP contribution in [-0.4, -0.2) is 56.4 Å². The topological polar surface area (TPSA) is 96.0 Å². The van der Waals surface area contributed by atoms with E-state index in [4.69, 9.17) is 4.74 Å². The Morgan fingerprint density at radius 1 is 1.06 bits per heavy atom. The van der Waals surface area contributed by atoms with E-state index in [0.717, 1.165) is 5.56 Å². The Hall–Kier alpha value is -2.91. The molecule has 2 amide bonds. The van der Waals surface area contributed by atoms with Crippen molar-refractivity contribution < 1.29 is 22.7 Å². The summed E-state index contributed by atoms with van der Waals surface area (Å²) in [6.45, 7) is 3.30. The first-order valence-corrected chi connectivity index (χ1v) is 12.1. The second-order valence-corrected chi connectivity index (χ2v) is 9.77. The summed E-state index contributed by atoms with van der Waals surface area (Å²) in [5, 5.41) is 2.85. The van der Waals surface area contributed by atoms with E-state index in [9.17, 15) is 18.0 Å². The third kappa shape index (κ3) is 5.86. The number of nitrogens with one attached hydrogen (secondary N) is 1. The van der Waals surface area contributed by atoms with Crippen molar-refractivity contribution in [3.8, 4) is 0 Å². The summed E-state index contributed by atoms with van der Waals surface area (Å²) in [6.07, 6.45) is 0.767. The van der Waals surface area contributed by atoms with Crippen molar-refractivity contribution >= 4 is 27.7 Å². The minimum atomic E-state index is -3.65. The summed E-state index contributed by atoms with van der Waals surface area (Å²) in [5.41, 5.74) is 1.43. The Morgan fingerprint density at radius 2 is 1.69 bits per heavy atom. The van der Waals surface area contributed by atoms with Crippen molar-refractivity contribution in [2.24, 2.45) is 5.92 Å². The number of carbonyl (C=O) groups excluding carboxylic acids is 2. The number of anilines is 1. The highest BCUT2D eigenvalue weighted by molar-refractivity contribution is 7.89. The monoisotopic (exact) mass is 459 g/mol. The molecular weight excluding hydrogens is 430 g/mol. The van der Waals surface area contributed by atoms with E-state index in [1.54, 1.807) is 31.0 Å². The molecule has 0 unspecified atom stereocenters. The molecule has 0 radical (unpaired) electrons. The molecule has 1 N–H and O–H groups in total. The first kappa shape index (κ1) is 23.7. The Balaban J connectivity index is 1.56. The van der Waals surface area contributed by atoms with E-state index < -0.39 is 10.0 Å². The largest absolute Gasteiger partial charge is 0.450 e. The quantitative estimate of drug-likeness (QED) is 0.685. The Bertz CT molecular complexity index is 1020. The van der Waals surface area contributed by atoms with Gasteiger partial charge in [-0.3, -0.25) is 4.79 Å². The molecule has 1 saturated heterocycles. The molecule has 1 heterocycles. The van der Waals surface area contributed by atoms with Crippen molar-refractivity contribution in [3.05, 3.63) is 60.2 Å². The minimum Gasteiger partial charge on any atom is -0.450 e. The molecule has 2 aromatic carbocycles. The fraction of sp³-hybridized carbons (Fsp3) is 0.391. The van der Waals surface area contributed by atoms with Crippen LogP contribution < -0.4 is 5.32 Å². The van der Waals surface area contributed by atoms with Gasteiger partial charge in [0, 0.05) is 38.3 Å². The van der Waals surface area contributed by atoms with Crippen LogP contribution >= 0.6 is 0 Å². The van der Waals surface area contributed by atoms with Crippen molar-refractivity contribution in [2.45, 2.75) is 31.2 Å². The van der Waals surface area contributed by atoms with E-state index in [2.05, 4.69) is 5.32 Å². The van der Waals surface area contributed by atoms with Crippen LogP contribution in [-0.2, 0) is 26.1 Å². The highest BCUT2D eigenvalue weighted by Crippen LogP contribution is 2.22. The summed E-state index contributed by atoms with van der Waals surface area (Å²) >= 11 is 0. The van der Waals surface area contributed by atoms with Gasteiger partial charge in [-0.25, -0.2) is 13.2 Å². The minimum absolute atomic E-state index is 0.134. The van der Waals surface area contributed by atoms with E-state index in [-0.39, 0.29) is 29.4 Å². The molecule has 0 aromatic heterocycles. The molecule has 1 aliphatic heterocycles. The van der Waals surface area contributed by atoms with Crippen molar-refractivity contribution in [1.82, 2.24) is 9.21 Å². The number of benzene rings is 2. The van der Waals surface area contributed by atoms with Gasteiger partial charge in [0.25, 0.3) is 0 Å². The predicted octanol–water partition coefficient (Wildman–Crippen LogP) is 3.31. The Morgan fingerprint density at radius 3 is 2.28 bits per heavy atom. The first-order chi connectivity index (χ1) is 15.3. The third-order valence-electron chi connectivity index (χ3n) is 5.47. The molecule has 1 fully saturated rings. The van der Waals surface area contributed by atoms with Crippen LogP contribution in [0, 0.1) is 5.92 Å². The fourth-order valence-corrected chi connectivity index (χ4v) is 4.76. The maximum absolute atomic E-state index is 12.8. The second kappa shape index (κ2) is 10.6. The van der Waals surface area contributed by atoms with Crippen LogP contribution in [0.4, 0.5) is 10.5 Å². The molecule has 0 bridgehead atoms. The highest BCUT2D eigenvalue weighted by atomic mass is 32.2. The van der Waals surface area contributed by atoms with Crippen LogP contribution in [0.2, 0.25) is 0 Å². The molecule has 0 spiro atoms. The molecule has 0 aliphatic carbocycles. The fourth-order valence-electron chi connectivity index (χ4n) is 3.60. The lowest BCUT2D eigenvalue weighted by Crippen LogP contribution is -2.41. The average Bonchev–Trinajstić information content (AvgIpc) is 2.80. The third-order valence-corrected chi connectivity index (χ3v) is 7.29. The summed E-state index contributed by atoms with van der Waals surface area (Å²) in [5.74, 6) is -0.341. The summed E-state index contributed by atoms with van der Waals surface area (Å²) in [6, 6.07) is 15.6. The van der Waals surface area contributed by atoms with Gasteiger partial charge in [0.05, 0.1) is 11.5 Å². The molecular formula is C23H29N3O5S. The van der Waals surface area contributed by atoms with E-state index in [1.807, 2.05) is 30.3 Å². The summed E-state index contributed by atoms with van der Waals surface area (Å²) in [7, 11) is -2.11. The van der Waals surface area contributed by atoms with Crippen LogP contribution in [0.25, 0.3) is 0 Å². The number of hydrogen-bond donors (Lipinski definition) is 1. The number of rotatable bonds is 7. The molecule has 9 heteroatoms. The predicted molar refractivity (Wildman–Crippen MR) is 121 cm³/mol. The number of ether oxygens (including phenoxy) is 1. The zero-order chi connectivity index (χ0) is 23.1. The number of nitrogens with zero attached hydrogens (tertiary/aromatic N) is 2. The first-order valence-electron chi connectivity index (χ1n) is 10.6. The van der Waals surface area contributed by atoms with E-state index in [1.165, 1.54) is 16.4 Å². The van der Waals surface area contributed by atoms with Gasteiger partial charge in [0.1, 0.15) is 0 Å². The van der Waals surface area contributed by atoms with Crippen LogP contribution in [0.1, 0.15) is 25.3 Å². The van der Waals surface area contributed by atoms with Gasteiger partial charge in [-0.15, -0.1) is 0 Å². The lowest BCUT2D eigenvalue weighted by atomic mass is 9.96. The molecule has 8 nitrogen and oxygen atoms in total. The van der Waals surface area contributed by atoms with Gasteiger partial charge in [-0.2, -0.15) is 4.31 Å². The number of sulfonamides is 1. The van der Waals surface area contributed by atoms with Gasteiger partial charge < -0.3 is 15.0 Å². The second-order valence-electron chi connectivity index (χ2n) is 7.72. The number of piperidine rings is 1. The van der Waals surface area contributed by atoms with Crippen LogP contribution in [0.15, 0.2) is 59.5 Å². The van der Waals surface area contributed by atoms with Gasteiger partial charge in [-0.1, -0.05) is 30.3 Å². The van der Waals surface area contributed by atoms with E-state index in [0.29, 0.717) is 38.2 Å². The van der Waals surface area contributed by atoms with Gasteiger partial charge >= 0.3 is 6.09 Å². The molecule has 3 rings (SSSR count). The van der Waals surface area contributed by atoms with Gasteiger partial charge in [0.2, 0.25) is 15.9 Å². The molecule has 32 heavy (non-hydrogen) atoms. The number of hydrogen-bond acceptors (Lipinski definition) is 5. The standard InChI is InChI=1S/C23H29N3O5S/c1-3-31-23(28)26-15-13-19(14-16-26)22(27)24-20-9-11-21(12-10-20)32(29,30)25(2)17-18-7-5-4-6-8-18/h4-12,19H,3,13-17H2,1-2H3,(H,24,27). The normalized spacial score (nSPS) is 14.9. The maximum atomic E-state index is 12.8. The summed E-state index contributed by atoms with van der Waals surface area (Å²) in [4.78, 5) is 26.1. The number of amides is 2. The number of carbonyl (C=O) groups is 2. The summed E-state index contributed by atoms with van der Waals surface area (Å²) < 4.78 is 32.0. The average molecular weight is 460 g/mol. The van der Waals surface area contributed by atoms with Crippen LogP contribution in [0.5, 0.6) is 0 Å². The lowest BCUT2D eigenvalue weighted by molar-refractivity contribution is -0.121. The molecule has 2 aromatic rings. The Labute approximate surface area is 189 Å².